The van der Waals surface area contributed by atoms with E-state index in [9.17, 15) is 18.4 Å². The van der Waals surface area contributed by atoms with Crippen LogP contribution in [0.15, 0.2) is 35.3 Å². The normalized spacial score (nSPS) is 23.8. The number of nitrogens with zero attached hydrogens (tertiary/aromatic N) is 4. The lowest BCUT2D eigenvalue weighted by molar-refractivity contribution is -0.122. The predicted octanol–water partition coefficient (Wildman–Crippen LogP) is 3.43. The highest BCUT2D eigenvalue weighted by Crippen LogP contribution is 2.38. The summed E-state index contributed by atoms with van der Waals surface area (Å²) in [6.45, 7) is -6.49. The number of rotatable bonds is 6. The first-order valence-corrected chi connectivity index (χ1v) is 11.3. The van der Waals surface area contributed by atoms with E-state index in [4.69, 9.17) is 27.3 Å². The molecular weight excluding hydrogens is 492 g/mol. The van der Waals surface area contributed by atoms with Gasteiger partial charge in [-0.05, 0) is 23.8 Å². The summed E-state index contributed by atoms with van der Waals surface area (Å²) in [5, 5.41) is 1.72. The van der Waals surface area contributed by atoms with Crippen LogP contribution in [-0.2, 0) is 18.2 Å². The van der Waals surface area contributed by atoms with Crippen molar-refractivity contribution in [3.63, 3.8) is 0 Å². The molecule has 1 saturated heterocycles. The average Bonchev–Trinajstić information content (AvgIpc) is 2.87. The first-order valence-electron chi connectivity index (χ1n) is 14.9. The lowest BCUT2D eigenvalue weighted by atomic mass is 9.87. The molecule has 1 aromatic carbocycles. The summed E-state index contributed by atoms with van der Waals surface area (Å²) in [5.41, 5.74) is -0.493. The minimum absolute atomic E-state index is 0.0295. The molecule has 1 amide bonds. The number of fused-ring (bicyclic) bond motifs is 1. The molecule has 2 atom stereocenters. The zero-order chi connectivity index (χ0) is 33.0. The van der Waals surface area contributed by atoms with Crippen LogP contribution >= 0.6 is 11.6 Å². The van der Waals surface area contributed by atoms with Gasteiger partial charge < -0.3 is 19.5 Å². The molecule has 3 heterocycles. The summed E-state index contributed by atoms with van der Waals surface area (Å²) in [5.74, 6) is -7.07. The molecule has 0 spiro atoms. The van der Waals surface area contributed by atoms with Gasteiger partial charge in [0.1, 0.15) is 0 Å². The lowest BCUT2D eigenvalue weighted by Gasteiger charge is -2.41. The number of likely N-dealkylation sites (N-methyl/N-ethyl adjacent to an activating group) is 1. The minimum atomic E-state index is -3.36. The van der Waals surface area contributed by atoms with Gasteiger partial charge in [0.15, 0.2) is 12.3 Å². The Balaban J connectivity index is 1.71. The Morgan fingerprint density at radius 2 is 2.08 bits per heavy atom. The van der Waals surface area contributed by atoms with Gasteiger partial charge in [-0.3, -0.25) is 9.59 Å². The number of nitrogens with one attached hydrogen (secondary N) is 1. The van der Waals surface area contributed by atoms with E-state index in [-0.39, 0.29) is 41.4 Å². The Hall–Kier alpha value is -3.27. The van der Waals surface area contributed by atoms with Crippen LogP contribution in [0.1, 0.15) is 36.1 Å². The fourth-order valence-electron chi connectivity index (χ4n) is 4.15. The van der Waals surface area contributed by atoms with Gasteiger partial charge in [0.25, 0.3) is 17.4 Å². The average molecular weight is 528 g/mol. The van der Waals surface area contributed by atoms with Crippen molar-refractivity contribution < 1.29 is 29.3 Å². The van der Waals surface area contributed by atoms with E-state index in [0.29, 0.717) is 15.8 Å². The number of benzene rings is 1. The highest BCUT2D eigenvalue weighted by Gasteiger charge is 2.47. The number of alkyl halides is 2. The number of carbonyl (C=O) groups excluding carboxylic acids is 1. The standard InChI is InChI=1S/C25H28ClF2N5O3/c1-14-11-33(12-15(2)25(14,27)28)24-30-10-18(26)19(31-24)8-16-5-6-20-17(7-16)9-21(23(35)32(20)4)36-13-22(34)29-3/h5-7,9-10,14-15H,8,11-13H2,1-4H3,(H,29,34)/t14-,15+/i3D3,4D3,13D2. The Bertz CT molecular complexity index is 1640. The van der Waals surface area contributed by atoms with Crippen LogP contribution in [-0.4, -0.2) is 53.0 Å². The lowest BCUT2D eigenvalue weighted by Crippen LogP contribution is -2.52. The number of amides is 1. The van der Waals surface area contributed by atoms with Crippen molar-refractivity contribution in [2.24, 2.45) is 18.8 Å². The first-order chi connectivity index (χ1) is 20.1. The van der Waals surface area contributed by atoms with Crippen LogP contribution in [0.3, 0.4) is 0 Å². The Kier molecular flexibility index (Phi) is 4.79. The number of aryl methyl sites for hydroxylation is 1. The van der Waals surface area contributed by atoms with Crippen LogP contribution in [0.25, 0.3) is 10.9 Å². The third-order valence-corrected chi connectivity index (χ3v) is 6.48. The molecule has 1 aliphatic rings. The van der Waals surface area contributed by atoms with Crippen molar-refractivity contribution in [3.8, 4) is 5.75 Å². The Morgan fingerprint density at radius 3 is 2.78 bits per heavy atom. The van der Waals surface area contributed by atoms with E-state index in [0.717, 1.165) is 6.07 Å². The monoisotopic (exact) mass is 527 g/mol. The molecule has 1 N–H and O–H groups in total. The Morgan fingerprint density at radius 1 is 1.33 bits per heavy atom. The molecule has 0 radical (unpaired) electrons. The molecule has 0 bridgehead atoms. The highest BCUT2D eigenvalue weighted by molar-refractivity contribution is 6.31. The maximum atomic E-state index is 14.4. The van der Waals surface area contributed by atoms with E-state index < -0.39 is 55.5 Å². The topological polar surface area (TPSA) is 89.3 Å². The summed E-state index contributed by atoms with van der Waals surface area (Å²) < 4.78 is 94.8. The van der Waals surface area contributed by atoms with Crippen LogP contribution in [0.2, 0.25) is 5.02 Å². The molecule has 1 aliphatic heterocycles. The fraction of sp³-hybridized carbons (Fsp3) is 0.440. The van der Waals surface area contributed by atoms with Gasteiger partial charge >= 0.3 is 0 Å². The van der Waals surface area contributed by atoms with Crippen molar-refractivity contribution in [1.82, 2.24) is 19.9 Å². The largest absolute Gasteiger partial charge is 0.478 e. The third-order valence-electron chi connectivity index (χ3n) is 6.16. The molecule has 3 aromatic rings. The summed E-state index contributed by atoms with van der Waals surface area (Å²) in [6, 6.07) is 5.39. The molecule has 192 valence electrons. The second-order valence-corrected chi connectivity index (χ2v) is 9.13. The smallest absolute Gasteiger partial charge is 0.293 e. The molecule has 2 aromatic heterocycles. The maximum absolute atomic E-state index is 14.4. The van der Waals surface area contributed by atoms with Gasteiger partial charge in [-0.15, -0.1) is 0 Å². The van der Waals surface area contributed by atoms with Crippen molar-refractivity contribution in [1.29, 1.82) is 0 Å². The number of aromatic nitrogens is 3. The van der Waals surface area contributed by atoms with Crippen LogP contribution in [0.5, 0.6) is 5.75 Å². The van der Waals surface area contributed by atoms with E-state index in [1.165, 1.54) is 43.6 Å². The van der Waals surface area contributed by atoms with E-state index in [1.54, 1.807) is 4.90 Å². The van der Waals surface area contributed by atoms with Gasteiger partial charge in [-0.1, -0.05) is 31.5 Å². The SMILES string of the molecule is [2H]C([2H])([2H])NC(=O)C([2H])([2H])Oc1cc2cc(Cc3nc(N4C[C@@H](C)C(F)(F)[C@@H](C)C4)ncc3Cl)ccc2n(C([2H])([2H])[2H])c1=O. The summed E-state index contributed by atoms with van der Waals surface area (Å²) in [7, 11) is 0. The summed E-state index contributed by atoms with van der Waals surface area (Å²) in [6.07, 6.45) is 1.43. The highest BCUT2D eigenvalue weighted by atomic mass is 35.5. The second kappa shape index (κ2) is 10.0. The zero-order valence-electron chi connectivity index (χ0n) is 27.3. The van der Waals surface area contributed by atoms with Gasteiger partial charge in [-0.25, -0.2) is 18.7 Å². The second-order valence-electron chi connectivity index (χ2n) is 8.72. The first kappa shape index (κ1) is 17.2. The van der Waals surface area contributed by atoms with E-state index in [1.807, 2.05) is 0 Å². The van der Waals surface area contributed by atoms with Gasteiger partial charge in [0.2, 0.25) is 5.95 Å². The van der Waals surface area contributed by atoms with E-state index >= 15 is 0 Å². The van der Waals surface area contributed by atoms with Gasteiger partial charge in [0.05, 0.1) is 25.2 Å². The summed E-state index contributed by atoms with van der Waals surface area (Å²) in [4.78, 5) is 35.7. The van der Waals surface area contributed by atoms with Gasteiger partial charge in [-0.2, -0.15) is 0 Å². The van der Waals surface area contributed by atoms with E-state index in [2.05, 4.69) is 9.97 Å². The van der Waals surface area contributed by atoms with Crippen LogP contribution in [0.4, 0.5) is 14.7 Å². The molecule has 4 rings (SSSR count). The summed E-state index contributed by atoms with van der Waals surface area (Å²) >= 11 is 6.36. The number of piperidine rings is 1. The molecular formula is C25H28ClF2N5O3. The van der Waals surface area contributed by atoms with Crippen molar-refractivity contribution in [3.05, 3.63) is 57.1 Å². The molecule has 0 aliphatic carbocycles. The number of pyridine rings is 1. The quantitative estimate of drug-likeness (QED) is 0.528. The van der Waals surface area contributed by atoms with Crippen molar-refractivity contribution in [2.75, 3.05) is 31.5 Å². The Labute approximate surface area is 223 Å². The number of hydrogen-bond donors (Lipinski definition) is 1. The van der Waals surface area contributed by atoms with Gasteiger partial charge in [0, 0.05) is 58.9 Å². The molecule has 1 fully saturated rings. The number of ether oxygens (including phenoxy) is 1. The number of anilines is 1. The third kappa shape index (κ3) is 5.00. The maximum Gasteiger partial charge on any atom is 0.293 e. The van der Waals surface area contributed by atoms with Crippen molar-refractivity contribution >= 4 is 34.4 Å². The minimum Gasteiger partial charge on any atom is -0.478 e. The number of hydrogen-bond acceptors (Lipinski definition) is 6. The molecule has 0 unspecified atom stereocenters. The molecule has 36 heavy (non-hydrogen) atoms. The number of halogens is 3. The molecule has 11 heteroatoms. The predicted molar refractivity (Wildman–Crippen MR) is 134 cm³/mol. The van der Waals surface area contributed by atoms with Crippen molar-refractivity contribution in [2.45, 2.75) is 26.2 Å². The molecule has 8 nitrogen and oxygen atoms in total. The number of carbonyl (C=O) groups is 1. The van der Waals surface area contributed by atoms with Crippen LogP contribution in [0, 0.1) is 11.8 Å². The molecule has 0 saturated carbocycles. The van der Waals surface area contributed by atoms with Crippen LogP contribution < -0.4 is 20.5 Å². The fourth-order valence-corrected chi connectivity index (χ4v) is 4.30. The zero-order valence-corrected chi connectivity index (χ0v) is 20.1.